The number of hydrogen-bond acceptors (Lipinski definition) is 3. The lowest BCUT2D eigenvalue weighted by Crippen LogP contribution is -2.44. The Hall–Kier alpha value is -3.21. The lowest BCUT2D eigenvalue weighted by molar-refractivity contribution is 0.0918. The normalized spacial score (nSPS) is 15.5. The average molecular weight is 348 g/mol. The zero-order valence-electron chi connectivity index (χ0n) is 14.3. The molecule has 26 heavy (non-hydrogen) atoms. The quantitative estimate of drug-likeness (QED) is 0.759. The van der Waals surface area contributed by atoms with Crippen molar-refractivity contribution < 1.29 is 14.3 Å². The first-order chi connectivity index (χ1) is 12.8. The molecule has 0 spiro atoms. The Balaban J connectivity index is 1.26. The number of para-hydroxylation sites is 2. The second-order valence-electron chi connectivity index (χ2n) is 6.24. The van der Waals surface area contributed by atoms with Crippen molar-refractivity contribution in [3.05, 3.63) is 72.3 Å². The minimum atomic E-state index is -0.222. The van der Waals surface area contributed by atoms with Crippen LogP contribution in [0.1, 0.15) is 5.56 Å². The van der Waals surface area contributed by atoms with Crippen LogP contribution in [-0.4, -0.2) is 25.3 Å². The van der Waals surface area contributed by atoms with E-state index in [1.165, 1.54) is 10.8 Å². The number of fused-ring (bicyclic) bond motifs is 2. The highest BCUT2D eigenvalue weighted by Gasteiger charge is 2.20. The Kier molecular flexibility index (Phi) is 4.60. The van der Waals surface area contributed by atoms with Crippen molar-refractivity contribution in [3.63, 3.8) is 0 Å². The molecule has 1 aliphatic heterocycles. The third-order valence-corrected chi connectivity index (χ3v) is 4.32. The maximum atomic E-state index is 12.0. The molecule has 2 amide bonds. The number of urea groups is 1. The van der Waals surface area contributed by atoms with Gasteiger partial charge in [0.2, 0.25) is 0 Å². The highest BCUT2D eigenvalue weighted by atomic mass is 16.6. The topological polar surface area (TPSA) is 59.6 Å². The third-order valence-electron chi connectivity index (χ3n) is 4.32. The second kappa shape index (κ2) is 7.35. The standard InChI is InChI=1S/C21H20N2O3/c24-21(22-12-15-9-10-16-5-1-2-6-17(16)11-15)23-13-18-14-25-19-7-3-4-8-20(19)26-18/h1-11,18H,12-14H2,(H2,22,23,24)/t18-/m0/s1. The van der Waals surface area contributed by atoms with Crippen molar-refractivity contribution in [1.82, 2.24) is 10.6 Å². The van der Waals surface area contributed by atoms with Crippen molar-refractivity contribution in [1.29, 1.82) is 0 Å². The van der Waals surface area contributed by atoms with E-state index in [1.54, 1.807) is 0 Å². The summed E-state index contributed by atoms with van der Waals surface area (Å²) in [5, 5.41) is 8.07. The van der Waals surface area contributed by atoms with Crippen molar-refractivity contribution in [2.75, 3.05) is 13.2 Å². The fourth-order valence-corrected chi connectivity index (χ4v) is 2.96. The van der Waals surface area contributed by atoms with Crippen LogP contribution in [0.2, 0.25) is 0 Å². The summed E-state index contributed by atoms with van der Waals surface area (Å²) in [4.78, 5) is 12.0. The van der Waals surface area contributed by atoms with Crippen LogP contribution in [0.25, 0.3) is 10.8 Å². The second-order valence-corrected chi connectivity index (χ2v) is 6.24. The Morgan fingerprint density at radius 2 is 1.69 bits per heavy atom. The summed E-state index contributed by atoms with van der Waals surface area (Å²) in [5.41, 5.74) is 1.06. The van der Waals surface area contributed by atoms with Crippen LogP contribution >= 0.6 is 0 Å². The lowest BCUT2D eigenvalue weighted by atomic mass is 10.1. The summed E-state index contributed by atoms with van der Waals surface area (Å²) >= 11 is 0. The molecular formula is C21H20N2O3. The van der Waals surface area contributed by atoms with E-state index >= 15 is 0 Å². The molecule has 0 unspecified atom stereocenters. The number of hydrogen-bond donors (Lipinski definition) is 2. The SMILES string of the molecule is O=C(NCc1ccc2ccccc2c1)NC[C@H]1COc2ccccc2O1. The number of amides is 2. The molecule has 5 nitrogen and oxygen atoms in total. The number of nitrogens with one attached hydrogen (secondary N) is 2. The first-order valence-corrected chi connectivity index (χ1v) is 8.66. The van der Waals surface area contributed by atoms with Crippen LogP contribution in [0.3, 0.4) is 0 Å². The van der Waals surface area contributed by atoms with Gasteiger partial charge in [-0.3, -0.25) is 0 Å². The molecule has 132 valence electrons. The fourth-order valence-electron chi connectivity index (χ4n) is 2.96. The summed E-state index contributed by atoms with van der Waals surface area (Å²) in [6.07, 6.45) is -0.198. The summed E-state index contributed by atoms with van der Waals surface area (Å²) < 4.78 is 11.5. The van der Waals surface area contributed by atoms with Crippen LogP contribution in [0.5, 0.6) is 11.5 Å². The maximum Gasteiger partial charge on any atom is 0.315 e. The largest absolute Gasteiger partial charge is 0.486 e. The van der Waals surface area contributed by atoms with E-state index in [4.69, 9.17) is 9.47 Å². The van der Waals surface area contributed by atoms with Crippen LogP contribution in [0.4, 0.5) is 4.79 Å². The molecule has 5 heteroatoms. The Morgan fingerprint density at radius 3 is 2.58 bits per heavy atom. The van der Waals surface area contributed by atoms with Crippen LogP contribution < -0.4 is 20.1 Å². The van der Waals surface area contributed by atoms with Gasteiger partial charge >= 0.3 is 6.03 Å². The number of ether oxygens (including phenoxy) is 2. The fraction of sp³-hybridized carbons (Fsp3) is 0.190. The number of carbonyl (C=O) groups is 1. The maximum absolute atomic E-state index is 12.0. The van der Waals surface area contributed by atoms with Crippen molar-refractivity contribution in [2.24, 2.45) is 0 Å². The van der Waals surface area contributed by atoms with Gasteiger partial charge in [-0.25, -0.2) is 4.79 Å². The molecule has 1 atom stereocenters. The molecule has 2 N–H and O–H groups in total. The molecule has 0 aliphatic carbocycles. The Morgan fingerprint density at radius 1 is 0.923 bits per heavy atom. The molecular weight excluding hydrogens is 328 g/mol. The summed E-state index contributed by atoms with van der Waals surface area (Å²) in [6.45, 7) is 1.28. The summed E-state index contributed by atoms with van der Waals surface area (Å²) in [6, 6.07) is 21.7. The van der Waals surface area contributed by atoms with Gasteiger partial charge in [0.15, 0.2) is 17.6 Å². The van der Waals surface area contributed by atoms with Gasteiger partial charge in [-0.05, 0) is 34.5 Å². The highest BCUT2D eigenvalue weighted by Crippen LogP contribution is 2.30. The first kappa shape index (κ1) is 16.3. The molecule has 4 rings (SSSR count). The van der Waals surface area contributed by atoms with E-state index in [9.17, 15) is 4.79 Å². The van der Waals surface area contributed by atoms with Gasteiger partial charge in [0.1, 0.15) is 6.61 Å². The van der Waals surface area contributed by atoms with E-state index < -0.39 is 0 Å². The minimum Gasteiger partial charge on any atom is -0.486 e. The zero-order chi connectivity index (χ0) is 17.8. The molecule has 0 aromatic heterocycles. The minimum absolute atomic E-state index is 0.198. The molecule has 1 heterocycles. The molecule has 0 fully saturated rings. The Labute approximate surface area is 151 Å². The summed E-state index contributed by atoms with van der Waals surface area (Å²) in [7, 11) is 0. The van der Waals surface area contributed by atoms with E-state index in [0.717, 1.165) is 11.3 Å². The predicted octanol–water partition coefficient (Wildman–Crippen LogP) is 3.48. The number of rotatable bonds is 4. The third kappa shape index (κ3) is 3.72. The molecule has 0 radical (unpaired) electrons. The molecule has 1 aliphatic rings. The van der Waals surface area contributed by atoms with Crippen LogP contribution in [-0.2, 0) is 6.54 Å². The van der Waals surface area contributed by atoms with Gasteiger partial charge in [0.05, 0.1) is 6.54 Å². The van der Waals surface area contributed by atoms with Crippen LogP contribution in [0, 0.1) is 0 Å². The average Bonchev–Trinajstić information content (AvgIpc) is 2.70. The van der Waals surface area contributed by atoms with E-state index in [-0.39, 0.29) is 12.1 Å². The van der Waals surface area contributed by atoms with Crippen molar-refractivity contribution in [2.45, 2.75) is 12.6 Å². The van der Waals surface area contributed by atoms with Gasteiger partial charge in [-0.1, -0.05) is 48.5 Å². The van der Waals surface area contributed by atoms with Gasteiger partial charge < -0.3 is 20.1 Å². The van der Waals surface area contributed by atoms with E-state index in [1.807, 2.05) is 42.5 Å². The van der Waals surface area contributed by atoms with Crippen LogP contribution in [0.15, 0.2) is 66.7 Å². The van der Waals surface area contributed by atoms with Gasteiger partial charge in [0.25, 0.3) is 0 Å². The summed E-state index contributed by atoms with van der Waals surface area (Å²) in [5.74, 6) is 1.45. The molecule has 0 saturated carbocycles. The van der Waals surface area contributed by atoms with E-state index in [2.05, 4.69) is 34.9 Å². The highest BCUT2D eigenvalue weighted by molar-refractivity contribution is 5.83. The smallest absolute Gasteiger partial charge is 0.315 e. The monoisotopic (exact) mass is 348 g/mol. The molecule has 0 bridgehead atoms. The molecule has 0 saturated heterocycles. The van der Waals surface area contributed by atoms with Gasteiger partial charge in [-0.15, -0.1) is 0 Å². The van der Waals surface area contributed by atoms with E-state index in [0.29, 0.717) is 25.4 Å². The first-order valence-electron chi connectivity index (χ1n) is 8.66. The number of benzene rings is 3. The predicted molar refractivity (Wildman–Crippen MR) is 101 cm³/mol. The zero-order valence-corrected chi connectivity index (χ0v) is 14.3. The van der Waals surface area contributed by atoms with Gasteiger partial charge in [-0.2, -0.15) is 0 Å². The van der Waals surface area contributed by atoms with Gasteiger partial charge in [0, 0.05) is 6.54 Å². The Bertz CT molecular complexity index is 926. The number of carbonyl (C=O) groups excluding carboxylic acids is 1. The lowest BCUT2D eigenvalue weighted by Gasteiger charge is -2.26. The molecule has 3 aromatic rings. The van der Waals surface area contributed by atoms with Crippen molar-refractivity contribution >= 4 is 16.8 Å². The van der Waals surface area contributed by atoms with Crippen molar-refractivity contribution in [3.8, 4) is 11.5 Å². The molecule has 3 aromatic carbocycles.